The minimum Gasteiger partial charge on any atom is -0.335 e. The molecule has 2 N–H and O–H groups in total. The Hall–Kier alpha value is -1.10. The van der Waals surface area contributed by atoms with Gasteiger partial charge in [-0.2, -0.15) is 0 Å². The van der Waals surface area contributed by atoms with E-state index in [1.807, 2.05) is 12.3 Å². The molecule has 1 aromatic heterocycles. The van der Waals surface area contributed by atoms with E-state index in [0.717, 1.165) is 23.5 Å². The standard InChI is InChI=1S/C10H15N3OS/c1-7-12-9(6-15-7)5-11-10(14)13-8-3-2-4-8/h6,8H,2-5H2,1H3,(H2,11,13,14). The second-order valence-corrected chi connectivity index (χ2v) is 4.87. The number of hydrogen-bond donors (Lipinski definition) is 2. The number of nitrogens with one attached hydrogen (secondary N) is 2. The van der Waals surface area contributed by atoms with Crippen molar-refractivity contribution in [1.82, 2.24) is 15.6 Å². The van der Waals surface area contributed by atoms with Crippen molar-refractivity contribution in [2.24, 2.45) is 0 Å². The van der Waals surface area contributed by atoms with Crippen LogP contribution >= 0.6 is 11.3 Å². The number of aryl methyl sites for hydroxylation is 1. The lowest BCUT2D eigenvalue weighted by Gasteiger charge is -2.26. The van der Waals surface area contributed by atoms with Crippen LogP contribution in [0.2, 0.25) is 0 Å². The van der Waals surface area contributed by atoms with Crippen LogP contribution in [0.25, 0.3) is 0 Å². The average Bonchev–Trinajstić information content (AvgIpc) is 2.55. The van der Waals surface area contributed by atoms with Crippen LogP contribution in [0.4, 0.5) is 4.79 Å². The first-order valence-electron chi connectivity index (χ1n) is 5.19. The summed E-state index contributed by atoms with van der Waals surface area (Å²) in [6, 6.07) is 0.313. The zero-order valence-corrected chi connectivity index (χ0v) is 9.56. The van der Waals surface area contributed by atoms with E-state index in [2.05, 4.69) is 15.6 Å². The Bertz CT molecular complexity index is 346. The molecule has 1 fully saturated rings. The maximum atomic E-state index is 11.4. The number of aromatic nitrogens is 1. The lowest BCUT2D eigenvalue weighted by molar-refractivity contribution is 0.228. The third kappa shape index (κ3) is 2.92. The van der Waals surface area contributed by atoms with E-state index in [9.17, 15) is 4.79 Å². The van der Waals surface area contributed by atoms with Crippen LogP contribution in [-0.2, 0) is 6.54 Å². The Balaban J connectivity index is 1.70. The molecule has 5 heteroatoms. The smallest absolute Gasteiger partial charge is 0.315 e. The van der Waals surface area contributed by atoms with E-state index in [4.69, 9.17) is 0 Å². The molecule has 0 aliphatic heterocycles. The predicted octanol–water partition coefficient (Wildman–Crippen LogP) is 1.80. The zero-order valence-electron chi connectivity index (χ0n) is 8.75. The fourth-order valence-corrected chi connectivity index (χ4v) is 2.06. The van der Waals surface area contributed by atoms with Crippen molar-refractivity contribution in [3.8, 4) is 0 Å². The van der Waals surface area contributed by atoms with Gasteiger partial charge in [0, 0.05) is 11.4 Å². The Morgan fingerprint density at radius 2 is 2.47 bits per heavy atom. The van der Waals surface area contributed by atoms with Gasteiger partial charge >= 0.3 is 6.03 Å². The highest BCUT2D eigenvalue weighted by molar-refractivity contribution is 7.09. The molecule has 0 radical (unpaired) electrons. The van der Waals surface area contributed by atoms with Crippen molar-refractivity contribution in [3.63, 3.8) is 0 Å². The van der Waals surface area contributed by atoms with Gasteiger partial charge in [-0.05, 0) is 26.2 Å². The van der Waals surface area contributed by atoms with Gasteiger partial charge in [0.2, 0.25) is 0 Å². The maximum absolute atomic E-state index is 11.4. The number of thiazole rings is 1. The molecule has 15 heavy (non-hydrogen) atoms. The third-order valence-corrected chi connectivity index (χ3v) is 3.36. The van der Waals surface area contributed by atoms with E-state index >= 15 is 0 Å². The average molecular weight is 225 g/mol. The number of carbonyl (C=O) groups excluding carboxylic acids is 1. The summed E-state index contributed by atoms with van der Waals surface area (Å²) in [6.45, 7) is 2.48. The highest BCUT2D eigenvalue weighted by atomic mass is 32.1. The first-order valence-corrected chi connectivity index (χ1v) is 6.07. The minimum absolute atomic E-state index is 0.0784. The predicted molar refractivity (Wildman–Crippen MR) is 59.9 cm³/mol. The first kappa shape index (κ1) is 10.4. The fourth-order valence-electron chi connectivity index (χ4n) is 1.45. The molecule has 1 heterocycles. The number of nitrogens with zero attached hydrogens (tertiary/aromatic N) is 1. The molecular formula is C10H15N3OS. The van der Waals surface area contributed by atoms with Gasteiger partial charge in [-0.25, -0.2) is 9.78 Å². The Morgan fingerprint density at radius 1 is 1.67 bits per heavy atom. The second-order valence-electron chi connectivity index (χ2n) is 3.81. The summed E-state index contributed by atoms with van der Waals surface area (Å²) in [7, 11) is 0. The van der Waals surface area contributed by atoms with E-state index in [1.165, 1.54) is 6.42 Å². The zero-order chi connectivity index (χ0) is 10.7. The summed E-state index contributed by atoms with van der Waals surface area (Å²) in [5.74, 6) is 0. The van der Waals surface area contributed by atoms with Crippen molar-refractivity contribution in [3.05, 3.63) is 16.1 Å². The SMILES string of the molecule is Cc1nc(CNC(=O)NC2CCC2)cs1. The third-order valence-electron chi connectivity index (χ3n) is 2.54. The Morgan fingerprint density at radius 3 is 3.00 bits per heavy atom. The molecule has 0 aromatic carbocycles. The van der Waals surface area contributed by atoms with Gasteiger partial charge in [0.05, 0.1) is 17.2 Å². The maximum Gasteiger partial charge on any atom is 0.315 e. The van der Waals surface area contributed by atoms with Crippen molar-refractivity contribution in [2.45, 2.75) is 38.8 Å². The molecular weight excluding hydrogens is 210 g/mol. The molecule has 4 nitrogen and oxygen atoms in total. The molecule has 0 saturated heterocycles. The van der Waals surface area contributed by atoms with Gasteiger partial charge in [-0.3, -0.25) is 0 Å². The summed E-state index contributed by atoms with van der Waals surface area (Å²) in [5.41, 5.74) is 0.932. The molecule has 1 saturated carbocycles. The van der Waals surface area contributed by atoms with Crippen molar-refractivity contribution >= 4 is 17.4 Å². The van der Waals surface area contributed by atoms with Crippen LogP contribution in [-0.4, -0.2) is 17.1 Å². The highest BCUT2D eigenvalue weighted by Gasteiger charge is 2.18. The molecule has 0 bridgehead atoms. The van der Waals surface area contributed by atoms with Gasteiger partial charge in [0.1, 0.15) is 0 Å². The quantitative estimate of drug-likeness (QED) is 0.824. The van der Waals surface area contributed by atoms with Gasteiger partial charge < -0.3 is 10.6 Å². The number of rotatable bonds is 3. The Labute approximate surface area is 93.1 Å². The summed E-state index contributed by atoms with van der Waals surface area (Å²) >= 11 is 1.60. The highest BCUT2D eigenvalue weighted by Crippen LogP contribution is 2.17. The van der Waals surface area contributed by atoms with Crippen LogP contribution in [0.5, 0.6) is 0 Å². The van der Waals surface area contributed by atoms with Crippen molar-refractivity contribution in [1.29, 1.82) is 0 Å². The van der Waals surface area contributed by atoms with E-state index in [1.54, 1.807) is 11.3 Å². The van der Waals surface area contributed by atoms with E-state index in [0.29, 0.717) is 12.6 Å². The number of hydrogen-bond acceptors (Lipinski definition) is 3. The number of carbonyl (C=O) groups is 1. The normalized spacial score (nSPS) is 15.8. The molecule has 1 aliphatic carbocycles. The molecule has 0 spiro atoms. The monoisotopic (exact) mass is 225 g/mol. The Kier molecular flexibility index (Phi) is 3.20. The molecule has 2 rings (SSSR count). The van der Waals surface area contributed by atoms with Crippen LogP contribution in [0, 0.1) is 6.92 Å². The lowest BCUT2D eigenvalue weighted by Crippen LogP contribution is -2.44. The first-order chi connectivity index (χ1) is 7.24. The summed E-state index contributed by atoms with van der Waals surface area (Å²) in [4.78, 5) is 15.7. The summed E-state index contributed by atoms with van der Waals surface area (Å²) < 4.78 is 0. The van der Waals surface area contributed by atoms with Gasteiger partial charge in [0.25, 0.3) is 0 Å². The minimum atomic E-state index is -0.0784. The van der Waals surface area contributed by atoms with Gasteiger partial charge in [-0.1, -0.05) is 0 Å². The fraction of sp³-hybridized carbons (Fsp3) is 0.600. The molecule has 1 aliphatic rings. The van der Waals surface area contributed by atoms with Crippen molar-refractivity contribution in [2.75, 3.05) is 0 Å². The van der Waals surface area contributed by atoms with Gasteiger partial charge in [0.15, 0.2) is 0 Å². The molecule has 0 unspecified atom stereocenters. The van der Waals surface area contributed by atoms with Crippen molar-refractivity contribution < 1.29 is 4.79 Å². The van der Waals surface area contributed by atoms with E-state index < -0.39 is 0 Å². The molecule has 2 amide bonds. The van der Waals surface area contributed by atoms with Crippen LogP contribution in [0.3, 0.4) is 0 Å². The summed E-state index contributed by atoms with van der Waals surface area (Å²) in [5, 5.41) is 8.73. The molecule has 82 valence electrons. The lowest BCUT2D eigenvalue weighted by atomic mass is 9.93. The van der Waals surface area contributed by atoms with Crippen LogP contribution in [0.15, 0.2) is 5.38 Å². The van der Waals surface area contributed by atoms with Gasteiger partial charge in [-0.15, -0.1) is 11.3 Å². The molecule has 1 aromatic rings. The second kappa shape index (κ2) is 4.61. The topological polar surface area (TPSA) is 54.0 Å². The number of urea groups is 1. The summed E-state index contributed by atoms with van der Waals surface area (Å²) in [6.07, 6.45) is 3.46. The molecule has 0 atom stereocenters. The largest absolute Gasteiger partial charge is 0.335 e. The number of amides is 2. The van der Waals surface area contributed by atoms with Crippen LogP contribution in [0.1, 0.15) is 30.0 Å². The van der Waals surface area contributed by atoms with Crippen LogP contribution < -0.4 is 10.6 Å². The van der Waals surface area contributed by atoms with E-state index in [-0.39, 0.29) is 6.03 Å².